The van der Waals surface area contributed by atoms with Gasteiger partial charge >= 0.3 is 0 Å². The molecule has 0 radical (unpaired) electrons. The second kappa shape index (κ2) is 7.80. The van der Waals surface area contributed by atoms with Gasteiger partial charge in [-0.15, -0.1) is 11.5 Å². The van der Waals surface area contributed by atoms with Crippen molar-refractivity contribution in [2.45, 2.75) is 19.8 Å². The van der Waals surface area contributed by atoms with E-state index in [2.05, 4.69) is 44.8 Å². The summed E-state index contributed by atoms with van der Waals surface area (Å²) in [4.78, 5) is 0. The molecule has 3 N–H and O–H groups in total. The first kappa shape index (κ1) is 18.9. The van der Waals surface area contributed by atoms with Crippen LogP contribution in [0.25, 0.3) is 0 Å². The fourth-order valence-corrected chi connectivity index (χ4v) is 3.78. The molecule has 1 aromatic carbocycles. The zero-order valence-electron chi connectivity index (χ0n) is 14.8. The number of allylic oxidation sites excluding steroid dienone is 1. The molecular formula is C19H17IN4O3. The van der Waals surface area contributed by atoms with Crippen LogP contribution in [-0.4, -0.2) is 23.4 Å². The standard InChI is InChI=1S/C19H17IN4O3/c1-4-6-26-17-13(20)7-11(8-14(17)25-5-2)16-12(9-21)18(22)27-19-15(16)10(3)23-24-19/h1,7-8,16H,5-6,22H2,2-3H3,(H,23,24). The molecule has 1 aromatic heterocycles. The summed E-state index contributed by atoms with van der Waals surface area (Å²) in [6.07, 6.45) is 5.31. The quantitative estimate of drug-likeness (QED) is 0.508. The van der Waals surface area contributed by atoms with E-state index < -0.39 is 5.92 Å². The Labute approximate surface area is 170 Å². The van der Waals surface area contributed by atoms with Crippen molar-refractivity contribution in [1.29, 1.82) is 5.26 Å². The minimum absolute atomic E-state index is 0.0436. The van der Waals surface area contributed by atoms with Crippen LogP contribution >= 0.6 is 22.6 Å². The van der Waals surface area contributed by atoms with Crippen molar-refractivity contribution < 1.29 is 14.2 Å². The minimum atomic E-state index is -0.424. The summed E-state index contributed by atoms with van der Waals surface area (Å²) in [7, 11) is 0. The van der Waals surface area contributed by atoms with E-state index in [1.807, 2.05) is 26.0 Å². The van der Waals surface area contributed by atoms with Crippen LogP contribution < -0.4 is 19.9 Å². The van der Waals surface area contributed by atoms with Gasteiger partial charge in [0.15, 0.2) is 11.5 Å². The average molecular weight is 476 g/mol. The Balaban J connectivity index is 2.19. The normalized spacial score (nSPS) is 15.4. The number of hydrogen-bond donors (Lipinski definition) is 2. The molecule has 3 rings (SSSR count). The topological polar surface area (TPSA) is 106 Å². The van der Waals surface area contributed by atoms with Crippen LogP contribution in [0.1, 0.15) is 29.7 Å². The molecule has 0 spiro atoms. The maximum Gasteiger partial charge on any atom is 0.244 e. The largest absolute Gasteiger partial charge is 0.490 e. The lowest BCUT2D eigenvalue weighted by Gasteiger charge is -2.25. The van der Waals surface area contributed by atoms with Gasteiger partial charge in [0.2, 0.25) is 11.8 Å². The highest BCUT2D eigenvalue weighted by Crippen LogP contribution is 2.45. The molecule has 1 aliphatic rings. The van der Waals surface area contributed by atoms with Crippen molar-refractivity contribution >= 4 is 22.6 Å². The number of nitriles is 1. The number of fused-ring (bicyclic) bond motifs is 1. The Morgan fingerprint density at radius 2 is 2.22 bits per heavy atom. The zero-order valence-corrected chi connectivity index (χ0v) is 17.0. The second-order valence-corrected chi connectivity index (χ2v) is 6.91. The maximum atomic E-state index is 9.68. The van der Waals surface area contributed by atoms with Crippen molar-refractivity contribution in [2.75, 3.05) is 13.2 Å². The zero-order chi connectivity index (χ0) is 19.6. The minimum Gasteiger partial charge on any atom is -0.490 e. The average Bonchev–Trinajstić information content (AvgIpc) is 3.00. The van der Waals surface area contributed by atoms with Crippen LogP contribution in [-0.2, 0) is 0 Å². The third kappa shape index (κ3) is 3.40. The van der Waals surface area contributed by atoms with E-state index in [1.54, 1.807) is 0 Å². The van der Waals surface area contributed by atoms with E-state index in [0.29, 0.717) is 29.6 Å². The summed E-state index contributed by atoms with van der Waals surface area (Å²) in [5, 5.41) is 16.7. The molecule has 2 heterocycles. The molecule has 2 aromatic rings. The number of rotatable bonds is 5. The van der Waals surface area contributed by atoms with Crippen molar-refractivity contribution in [2.24, 2.45) is 5.73 Å². The van der Waals surface area contributed by atoms with Crippen molar-refractivity contribution in [1.82, 2.24) is 10.2 Å². The molecule has 7 nitrogen and oxygen atoms in total. The van der Waals surface area contributed by atoms with E-state index in [1.165, 1.54) is 0 Å². The number of nitrogens with one attached hydrogen (secondary N) is 1. The van der Waals surface area contributed by atoms with Crippen molar-refractivity contribution in [3.63, 3.8) is 0 Å². The number of terminal acetylenes is 1. The number of aromatic amines is 1. The van der Waals surface area contributed by atoms with Crippen LogP contribution in [0.4, 0.5) is 0 Å². The molecule has 1 atom stereocenters. The van der Waals surface area contributed by atoms with Crippen molar-refractivity contribution in [3.8, 4) is 35.8 Å². The summed E-state index contributed by atoms with van der Waals surface area (Å²) in [5.41, 5.74) is 8.69. The summed E-state index contributed by atoms with van der Waals surface area (Å²) in [5.74, 6) is 3.57. The van der Waals surface area contributed by atoms with Gasteiger partial charge in [0.25, 0.3) is 0 Å². The smallest absolute Gasteiger partial charge is 0.244 e. The molecule has 8 heteroatoms. The predicted molar refractivity (Wildman–Crippen MR) is 107 cm³/mol. The Hall–Kier alpha value is -2.85. The number of ether oxygens (including phenoxy) is 3. The van der Waals surface area contributed by atoms with Gasteiger partial charge in [0.05, 0.1) is 16.1 Å². The number of nitrogens with zero attached hydrogens (tertiary/aromatic N) is 2. The Bertz CT molecular complexity index is 998. The van der Waals surface area contributed by atoms with Crippen LogP contribution in [0.2, 0.25) is 0 Å². The summed E-state index contributed by atoms with van der Waals surface area (Å²) in [6, 6.07) is 5.93. The Morgan fingerprint density at radius 1 is 1.44 bits per heavy atom. The number of halogens is 1. The SMILES string of the molecule is C#CCOc1c(I)cc(C2C(C#N)=C(N)Oc3n[nH]c(C)c32)cc1OCC. The third-order valence-electron chi connectivity index (χ3n) is 4.09. The monoisotopic (exact) mass is 476 g/mol. The van der Waals surface area contributed by atoms with E-state index in [9.17, 15) is 5.26 Å². The fourth-order valence-electron chi connectivity index (χ4n) is 3.00. The van der Waals surface area contributed by atoms with Gasteiger partial charge in [-0.25, -0.2) is 0 Å². The number of benzene rings is 1. The molecule has 0 saturated carbocycles. The number of aromatic nitrogens is 2. The Kier molecular flexibility index (Phi) is 5.47. The second-order valence-electron chi connectivity index (χ2n) is 5.75. The summed E-state index contributed by atoms with van der Waals surface area (Å²) < 4.78 is 17.7. The lowest BCUT2D eigenvalue weighted by Crippen LogP contribution is -2.21. The van der Waals surface area contributed by atoms with Crippen LogP contribution in [0.5, 0.6) is 17.4 Å². The molecule has 0 amide bonds. The van der Waals surface area contributed by atoms with Gasteiger partial charge in [-0.05, 0) is 54.1 Å². The molecule has 27 heavy (non-hydrogen) atoms. The summed E-state index contributed by atoms with van der Waals surface area (Å²) >= 11 is 2.16. The number of nitrogens with two attached hydrogens (primary N) is 1. The maximum absolute atomic E-state index is 9.68. The van der Waals surface area contributed by atoms with Gasteiger partial charge in [0, 0.05) is 11.3 Å². The van der Waals surface area contributed by atoms with E-state index in [0.717, 1.165) is 20.4 Å². The third-order valence-corrected chi connectivity index (χ3v) is 4.90. The molecule has 0 bridgehead atoms. The molecule has 0 fully saturated rings. The van der Waals surface area contributed by atoms with Gasteiger partial charge in [-0.1, -0.05) is 5.92 Å². The van der Waals surface area contributed by atoms with Gasteiger partial charge < -0.3 is 19.9 Å². The van der Waals surface area contributed by atoms with Crippen LogP contribution in [0, 0.1) is 34.2 Å². The van der Waals surface area contributed by atoms with Crippen molar-refractivity contribution in [3.05, 3.63) is 44.0 Å². The highest BCUT2D eigenvalue weighted by Gasteiger charge is 2.35. The molecule has 0 aliphatic carbocycles. The number of aryl methyl sites for hydroxylation is 1. The number of H-pyrrole nitrogens is 1. The Morgan fingerprint density at radius 3 is 2.89 bits per heavy atom. The van der Waals surface area contributed by atoms with Crippen LogP contribution in [0.15, 0.2) is 23.6 Å². The van der Waals surface area contributed by atoms with Gasteiger partial charge in [-0.3, -0.25) is 5.10 Å². The lowest BCUT2D eigenvalue weighted by molar-refractivity contribution is 0.297. The molecule has 138 valence electrons. The molecule has 0 saturated heterocycles. The molecule has 1 aliphatic heterocycles. The first-order valence-corrected chi connectivity index (χ1v) is 9.24. The first-order valence-electron chi connectivity index (χ1n) is 8.16. The lowest BCUT2D eigenvalue weighted by atomic mass is 9.84. The van der Waals surface area contributed by atoms with E-state index in [-0.39, 0.29) is 12.5 Å². The molecular weight excluding hydrogens is 459 g/mol. The number of hydrogen-bond acceptors (Lipinski definition) is 6. The predicted octanol–water partition coefficient (Wildman–Crippen LogP) is 2.95. The summed E-state index contributed by atoms with van der Waals surface area (Å²) in [6.45, 7) is 4.35. The van der Waals surface area contributed by atoms with E-state index in [4.69, 9.17) is 26.4 Å². The highest BCUT2D eigenvalue weighted by molar-refractivity contribution is 14.1. The molecule has 1 unspecified atom stereocenters. The van der Waals surface area contributed by atoms with Crippen LogP contribution in [0.3, 0.4) is 0 Å². The van der Waals surface area contributed by atoms with Gasteiger partial charge in [0.1, 0.15) is 18.2 Å². The van der Waals surface area contributed by atoms with Gasteiger partial charge in [-0.2, -0.15) is 5.26 Å². The first-order chi connectivity index (χ1) is 13.0. The van der Waals surface area contributed by atoms with E-state index >= 15 is 0 Å². The fraction of sp³-hybridized carbons (Fsp3) is 0.263. The highest BCUT2D eigenvalue weighted by atomic mass is 127.